The molecule has 2 fully saturated rings. The van der Waals surface area contributed by atoms with E-state index in [2.05, 4.69) is 24.8 Å². The highest BCUT2D eigenvalue weighted by Crippen LogP contribution is 2.21. The lowest BCUT2D eigenvalue weighted by atomic mass is 10.1. The van der Waals surface area contributed by atoms with Gasteiger partial charge in [0.25, 0.3) is 0 Å². The summed E-state index contributed by atoms with van der Waals surface area (Å²) in [6, 6.07) is 0. The zero-order chi connectivity index (χ0) is 14.8. The predicted molar refractivity (Wildman–Crippen MR) is 79.2 cm³/mol. The molecule has 1 unspecified atom stereocenters. The Hall–Kier alpha value is -0.880. The molecular formula is C14H24N2O3S. The van der Waals surface area contributed by atoms with Crippen LogP contribution in [0.2, 0.25) is 0 Å². The van der Waals surface area contributed by atoms with E-state index in [1.807, 2.05) is 4.90 Å². The first-order valence-electron chi connectivity index (χ1n) is 7.22. The Morgan fingerprint density at radius 2 is 1.85 bits per heavy atom. The van der Waals surface area contributed by atoms with Gasteiger partial charge in [0.2, 0.25) is 5.91 Å². The number of nitrogens with zero attached hydrogens (tertiary/aromatic N) is 2. The minimum atomic E-state index is -2.97. The minimum Gasteiger partial charge on any atom is -0.340 e. The summed E-state index contributed by atoms with van der Waals surface area (Å²) >= 11 is 0. The topological polar surface area (TPSA) is 57.7 Å². The fourth-order valence-corrected chi connectivity index (χ4v) is 4.44. The number of sulfone groups is 1. The Balaban J connectivity index is 1.82. The van der Waals surface area contributed by atoms with Crippen LogP contribution < -0.4 is 0 Å². The van der Waals surface area contributed by atoms with Crippen LogP contribution >= 0.6 is 0 Å². The van der Waals surface area contributed by atoms with Gasteiger partial charge in [-0.15, -0.1) is 0 Å². The molecule has 0 aliphatic carbocycles. The van der Waals surface area contributed by atoms with Crippen molar-refractivity contribution < 1.29 is 13.2 Å². The number of hydrogen-bond donors (Lipinski definition) is 0. The number of carbonyl (C=O) groups is 1. The fourth-order valence-electron chi connectivity index (χ4n) is 2.71. The Morgan fingerprint density at radius 3 is 2.35 bits per heavy atom. The summed E-state index contributed by atoms with van der Waals surface area (Å²) in [5.74, 6) is -0.0504. The second-order valence-corrected chi connectivity index (χ2v) is 8.24. The molecular weight excluding hydrogens is 276 g/mol. The molecule has 0 spiro atoms. The van der Waals surface area contributed by atoms with Crippen molar-refractivity contribution >= 4 is 15.7 Å². The van der Waals surface area contributed by atoms with E-state index in [0.29, 0.717) is 19.5 Å². The Bertz CT molecular complexity index is 487. The smallest absolute Gasteiger partial charge is 0.226 e. The van der Waals surface area contributed by atoms with Crippen LogP contribution in [0.5, 0.6) is 0 Å². The van der Waals surface area contributed by atoms with E-state index in [-0.39, 0.29) is 23.3 Å². The van der Waals surface area contributed by atoms with Crippen LogP contribution in [0, 0.1) is 5.92 Å². The lowest BCUT2D eigenvalue weighted by molar-refractivity contribution is -0.136. The van der Waals surface area contributed by atoms with E-state index >= 15 is 0 Å². The van der Waals surface area contributed by atoms with Gasteiger partial charge in [-0.25, -0.2) is 8.42 Å². The molecule has 1 atom stereocenters. The van der Waals surface area contributed by atoms with Crippen molar-refractivity contribution in [3.63, 3.8) is 0 Å². The van der Waals surface area contributed by atoms with E-state index in [9.17, 15) is 13.2 Å². The predicted octanol–water partition coefficient (Wildman–Crippen LogP) is 0.532. The summed E-state index contributed by atoms with van der Waals surface area (Å²) < 4.78 is 22.9. The van der Waals surface area contributed by atoms with Crippen molar-refractivity contribution in [2.24, 2.45) is 5.92 Å². The number of hydrogen-bond acceptors (Lipinski definition) is 4. The molecule has 20 heavy (non-hydrogen) atoms. The van der Waals surface area contributed by atoms with Gasteiger partial charge in [0, 0.05) is 32.7 Å². The monoisotopic (exact) mass is 300 g/mol. The fraction of sp³-hybridized carbons (Fsp3) is 0.786. The van der Waals surface area contributed by atoms with Gasteiger partial charge in [-0.1, -0.05) is 11.6 Å². The SMILES string of the molecule is CC(C)=CCN1CCN(C(=O)C2CCS(=O)(=O)C2)CC1. The molecule has 5 nitrogen and oxygen atoms in total. The third-order valence-corrected chi connectivity index (χ3v) is 5.79. The summed E-state index contributed by atoms with van der Waals surface area (Å²) in [5, 5.41) is 0. The van der Waals surface area contributed by atoms with Crippen LogP contribution in [0.3, 0.4) is 0 Å². The summed E-state index contributed by atoms with van der Waals surface area (Å²) in [7, 11) is -2.97. The highest BCUT2D eigenvalue weighted by molar-refractivity contribution is 7.91. The third-order valence-electron chi connectivity index (χ3n) is 4.02. The average Bonchev–Trinajstić information content (AvgIpc) is 2.76. The maximum atomic E-state index is 12.3. The second kappa shape index (κ2) is 6.26. The molecule has 2 aliphatic rings. The molecule has 0 aromatic rings. The van der Waals surface area contributed by atoms with Gasteiger partial charge in [0.05, 0.1) is 17.4 Å². The first-order chi connectivity index (χ1) is 9.37. The van der Waals surface area contributed by atoms with Gasteiger partial charge in [0.15, 0.2) is 9.84 Å². The number of amides is 1. The number of piperazine rings is 1. The molecule has 2 heterocycles. The summed E-state index contributed by atoms with van der Waals surface area (Å²) in [4.78, 5) is 16.5. The van der Waals surface area contributed by atoms with E-state index in [0.717, 1.165) is 19.6 Å². The van der Waals surface area contributed by atoms with E-state index < -0.39 is 9.84 Å². The highest BCUT2D eigenvalue weighted by atomic mass is 32.2. The zero-order valence-corrected chi connectivity index (χ0v) is 13.2. The van der Waals surface area contributed by atoms with Gasteiger partial charge in [0.1, 0.15) is 0 Å². The van der Waals surface area contributed by atoms with E-state index in [1.165, 1.54) is 5.57 Å². The van der Waals surface area contributed by atoms with Crippen molar-refractivity contribution in [3.05, 3.63) is 11.6 Å². The van der Waals surface area contributed by atoms with E-state index in [1.54, 1.807) is 0 Å². The van der Waals surface area contributed by atoms with Crippen LogP contribution in [0.15, 0.2) is 11.6 Å². The van der Waals surface area contributed by atoms with Gasteiger partial charge in [-0.3, -0.25) is 9.69 Å². The zero-order valence-electron chi connectivity index (χ0n) is 12.3. The quantitative estimate of drug-likeness (QED) is 0.714. The molecule has 2 aliphatic heterocycles. The van der Waals surface area contributed by atoms with Crippen LogP contribution in [0.4, 0.5) is 0 Å². The average molecular weight is 300 g/mol. The van der Waals surface area contributed by atoms with Crippen molar-refractivity contribution in [2.45, 2.75) is 20.3 Å². The molecule has 2 saturated heterocycles. The van der Waals surface area contributed by atoms with Crippen LogP contribution in [-0.4, -0.2) is 68.4 Å². The molecule has 114 valence electrons. The number of allylic oxidation sites excluding steroid dienone is 1. The van der Waals surface area contributed by atoms with Gasteiger partial charge < -0.3 is 4.90 Å². The summed E-state index contributed by atoms with van der Waals surface area (Å²) in [6.07, 6.45) is 2.69. The van der Waals surface area contributed by atoms with Gasteiger partial charge in [-0.2, -0.15) is 0 Å². The maximum absolute atomic E-state index is 12.3. The number of rotatable bonds is 3. The normalized spacial score (nSPS) is 26.5. The molecule has 1 amide bonds. The molecule has 2 rings (SSSR count). The van der Waals surface area contributed by atoms with E-state index in [4.69, 9.17) is 0 Å². The molecule has 0 radical (unpaired) electrons. The first kappa shape index (κ1) is 15.5. The first-order valence-corrected chi connectivity index (χ1v) is 9.04. The standard InChI is InChI=1S/C14H24N2O3S/c1-12(2)3-5-15-6-8-16(9-7-15)14(17)13-4-10-20(18,19)11-13/h3,13H,4-11H2,1-2H3. The van der Waals surface area contributed by atoms with Crippen molar-refractivity contribution in [1.29, 1.82) is 0 Å². The van der Waals surface area contributed by atoms with Crippen LogP contribution in [0.1, 0.15) is 20.3 Å². The molecule has 0 aromatic heterocycles. The number of carbonyl (C=O) groups excluding carboxylic acids is 1. The Kier molecular flexibility index (Phi) is 4.86. The highest BCUT2D eigenvalue weighted by Gasteiger charge is 2.36. The Morgan fingerprint density at radius 1 is 1.20 bits per heavy atom. The maximum Gasteiger partial charge on any atom is 0.226 e. The molecule has 6 heteroatoms. The molecule has 0 saturated carbocycles. The molecule has 0 bridgehead atoms. The molecule has 0 N–H and O–H groups in total. The van der Waals surface area contributed by atoms with Crippen molar-refractivity contribution in [1.82, 2.24) is 9.80 Å². The second-order valence-electron chi connectivity index (χ2n) is 6.01. The van der Waals surface area contributed by atoms with Crippen molar-refractivity contribution in [2.75, 3.05) is 44.2 Å². The van der Waals surface area contributed by atoms with Crippen LogP contribution in [-0.2, 0) is 14.6 Å². The van der Waals surface area contributed by atoms with Gasteiger partial charge >= 0.3 is 0 Å². The Labute approximate surface area is 121 Å². The summed E-state index contributed by atoms with van der Waals surface area (Å²) in [5.41, 5.74) is 1.31. The minimum absolute atomic E-state index is 0.0351. The largest absolute Gasteiger partial charge is 0.340 e. The van der Waals surface area contributed by atoms with Crippen LogP contribution in [0.25, 0.3) is 0 Å². The lowest BCUT2D eigenvalue weighted by Gasteiger charge is -2.35. The third kappa shape index (κ3) is 4.06. The summed E-state index contributed by atoms with van der Waals surface area (Å²) in [6.45, 7) is 8.27. The lowest BCUT2D eigenvalue weighted by Crippen LogP contribution is -2.50. The molecule has 0 aromatic carbocycles. The van der Waals surface area contributed by atoms with Gasteiger partial charge in [-0.05, 0) is 20.3 Å². The van der Waals surface area contributed by atoms with Crippen molar-refractivity contribution in [3.8, 4) is 0 Å².